The van der Waals surface area contributed by atoms with E-state index in [0.717, 1.165) is 26.1 Å². The molecule has 1 N–H and O–H groups in total. The number of ether oxygens (including phenoxy) is 1. The highest BCUT2D eigenvalue weighted by Gasteiger charge is 2.09. The zero-order valence-electron chi connectivity index (χ0n) is 10.8. The molecule has 4 heteroatoms. The van der Waals surface area contributed by atoms with E-state index in [2.05, 4.69) is 35.9 Å². The molecular weight excluding hydrogens is 202 g/mol. The standard InChI is InChI=1S/C12H23N3O/c1-5-10(2)15-11(3)12(9-14-15)8-13-6-7-16-4/h9-10,13H,5-8H2,1-4H3. The molecule has 0 aliphatic rings. The van der Waals surface area contributed by atoms with Crippen LogP contribution in [0, 0.1) is 6.92 Å². The van der Waals surface area contributed by atoms with Crippen molar-refractivity contribution in [2.45, 2.75) is 39.8 Å². The fourth-order valence-corrected chi connectivity index (χ4v) is 1.65. The summed E-state index contributed by atoms with van der Waals surface area (Å²) in [7, 11) is 1.72. The molecule has 0 aromatic carbocycles. The van der Waals surface area contributed by atoms with Crippen LogP contribution in [-0.4, -0.2) is 30.0 Å². The maximum atomic E-state index is 4.99. The predicted molar refractivity (Wildman–Crippen MR) is 65.5 cm³/mol. The first-order chi connectivity index (χ1) is 7.70. The molecule has 0 aliphatic carbocycles. The van der Waals surface area contributed by atoms with Crippen molar-refractivity contribution in [1.82, 2.24) is 15.1 Å². The second-order valence-corrected chi connectivity index (χ2v) is 4.13. The summed E-state index contributed by atoms with van der Waals surface area (Å²) in [4.78, 5) is 0. The van der Waals surface area contributed by atoms with E-state index >= 15 is 0 Å². The van der Waals surface area contributed by atoms with Gasteiger partial charge in [0.1, 0.15) is 0 Å². The summed E-state index contributed by atoms with van der Waals surface area (Å²) in [6.07, 6.45) is 3.07. The first-order valence-electron chi connectivity index (χ1n) is 5.93. The lowest BCUT2D eigenvalue weighted by molar-refractivity contribution is 0.199. The highest BCUT2D eigenvalue weighted by Crippen LogP contribution is 2.15. The number of nitrogens with one attached hydrogen (secondary N) is 1. The minimum atomic E-state index is 0.479. The molecule has 4 nitrogen and oxygen atoms in total. The number of hydrogen-bond donors (Lipinski definition) is 1. The molecule has 0 saturated heterocycles. The van der Waals surface area contributed by atoms with Crippen LogP contribution < -0.4 is 5.32 Å². The lowest BCUT2D eigenvalue weighted by Gasteiger charge is -2.12. The van der Waals surface area contributed by atoms with Crippen molar-refractivity contribution in [1.29, 1.82) is 0 Å². The van der Waals surface area contributed by atoms with Gasteiger partial charge in [-0.15, -0.1) is 0 Å². The van der Waals surface area contributed by atoms with E-state index in [4.69, 9.17) is 4.74 Å². The van der Waals surface area contributed by atoms with E-state index in [9.17, 15) is 0 Å². The molecular formula is C12H23N3O. The Morgan fingerprint density at radius 2 is 2.31 bits per heavy atom. The molecule has 1 atom stereocenters. The molecule has 92 valence electrons. The Kier molecular flexibility index (Phi) is 5.49. The molecule has 1 aromatic rings. The third-order valence-corrected chi connectivity index (χ3v) is 2.95. The van der Waals surface area contributed by atoms with Gasteiger partial charge in [0, 0.05) is 37.5 Å². The maximum Gasteiger partial charge on any atom is 0.0587 e. The second kappa shape index (κ2) is 6.66. The quantitative estimate of drug-likeness (QED) is 0.720. The van der Waals surface area contributed by atoms with Crippen LogP contribution in [0.1, 0.15) is 37.6 Å². The topological polar surface area (TPSA) is 39.1 Å². The number of hydrogen-bond acceptors (Lipinski definition) is 3. The molecule has 0 amide bonds. The van der Waals surface area contributed by atoms with E-state index in [-0.39, 0.29) is 0 Å². The first-order valence-corrected chi connectivity index (χ1v) is 5.93. The molecule has 0 radical (unpaired) electrons. The fourth-order valence-electron chi connectivity index (χ4n) is 1.65. The minimum absolute atomic E-state index is 0.479. The molecule has 1 aromatic heterocycles. The van der Waals surface area contributed by atoms with E-state index in [1.807, 2.05) is 6.20 Å². The summed E-state index contributed by atoms with van der Waals surface area (Å²) < 4.78 is 7.09. The Bertz CT molecular complexity index is 309. The van der Waals surface area contributed by atoms with E-state index in [0.29, 0.717) is 6.04 Å². The summed E-state index contributed by atoms with van der Waals surface area (Å²) in [5.74, 6) is 0. The van der Waals surface area contributed by atoms with Crippen LogP contribution in [0.2, 0.25) is 0 Å². The van der Waals surface area contributed by atoms with Gasteiger partial charge >= 0.3 is 0 Å². The van der Waals surface area contributed by atoms with Crippen LogP contribution >= 0.6 is 0 Å². The highest BCUT2D eigenvalue weighted by molar-refractivity contribution is 5.16. The van der Waals surface area contributed by atoms with Crippen molar-refractivity contribution in [3.8, 4) is 0 Å². The van der Waals surface area contributed by atoms with Gasteiger partial charge in [-0.05, 0) is 20.3 Å². The number of nitrogens with zero attached hydrogens (tertiary/aromatic N) is 2. The van der Waals surface area contributed by atoms with Crippen LogP contribution in [0.3, 0.4) is 0 Å². The maximum absolute atomic E-state index is 4.99. The molecule has 0 bridgehead atoms. The van der Waals surface area contributed by atoms with Gasteiger partial charge in [0.25, 0.3) is 0 Å². The van der Waals surface area contributed by atoms with Gasteiger partial charge in [0.15, 0.2) is 0 Å². The molecule has 1 heterocycles. The van der Waals surface area contributed by atoms with Crippen LogP contribution in [-0.2, 0) is 11.3 Å². The van der Waals surface area contributed by atoms with E-state index in [1.54, 1.807) is 7.11 Å². The monoisotopic (exact) mass is 225 g/mol. The van der Waals surface area contributed by atoms with Gasteiger partial charge in [-0.2, -0.15) is 5.10 Å². The third-order valence-electron chi connectivity index (χ3n) is 2.95. The van der Waals surface area contributed by atoms with Crippen molar-refractivity contribution in [3.63, 3.8) is 0 Å². The highest BCUT2D eigenvalue weighted by atomic mass is 16.5. The van der Waals surface area contributed by atoms with Gasteiger partial charge in [-0.1, -0.05) is 6.92 Å². The molecule has 0 spiro atoms. The molecule has 16 heavy (non-hydrogen) atoms. The van der Waals surface area contributed by atoms with Gasteiger partial charge in [0.2, 0.25) is 0 Å². The average Bonchev–Trinajstić information content (AvgIpc) is 2.65. The SMILES string of the molecule is CCC(C)n1ncc(CNCCOC)c1C. The van der Waals surface area contributed by atoms with Crippen LogP contribution in [0.15, 0.2) is 6.20 Å². The molecule has 0 saturated carbocycles. The Morgan fingerprint density at radius 1 is 1.56 bits per heavy atom. The Balaban J connectivity index is 2.51. The lowest BCUT2D eigenvalue weighted by atomic mass is 10.2. The van der Waals surface area contributed by atoms with Gasteiger partial charge < -0.3 is 10.1 Å². The van der Waals surface area contributed by atoms with Crippen LogP contribution in [0.25, 0.3) is 0 Å². The van der Waals surface area contributed by atoms with Crippen LogP contribution in [0.4, 0.5) is 0 Å². The van der Waals surface area contributed by atoms with E-state index < -0.39 is 0 Å². The zero-order valence-corrected chi connectivity index (χ0v) is 10.8. The van der Waals surface area contributed by atoms with Crippen molar-refractivity contribution < 1.29 is 4.74 Å². The number of rotatable bonds is 7. The van der Waals surface area contributed by atoms with Crippen molar-refractivity contribution in [2.24, 2.45) is 0 Å². The molecule has 0 fully saturated rings. The van der Waals surface area contributed by atoms with Crippen molar-refractivity contribution >= 4 is 0 Å². The molecule has 1 unspecified atom stereocenters. The Hall–Kier alpha value is -0.870. The third kappa shape index (κ3) is 3.32. The zero-order chi connectivity index (χ0) is 12.0. The summed E-state index contributed by atoms with van der Waals surface area (Å²) in [6.45, 7) is 9.01. The van der Waals surface area contributed by atoms with Gasteiger partial charge in [-0.25, -0.2) is 0 Å². The summed E-state index contributed by atoms with van der Waals surface area (Å²) in [5, 5.41) is 7.77. The van der Waals surface area contributed by atoms with Crippen molar-refractivity contribution in [3.05, 3.63) is 17.5 Å². The predicted octanol–water partition coefficient (Wildman–Crippen LogP) is 1.90. The fraction of sp³-hybridized carbons (Fsp3) is 0.750. The minimum Gasteiger partial charge on any atom is -0.383 e. The summed E-state index contributed by atoms with van der Waals surface area (Å²) in [6, 6.07) is 0.479. The average molecular weight is 225 g/mol. The summed E-state index contributed by atoms with van der Waals surface area (Å²) >= 11 is 0. The summed E-state index contributed by atoms with van der Waals surface area (Å²) in [5.41, 5.74) is 2.54. The van der Waals surface area contributed by atoms with Gasteiger partial charge in [0.05, 0.1) is 12.8 Å². The molecule has 0 aliphatic heterocycles. The normalized spacial score (nSPS) is 13.0. The molecule has 1 rings (SSSR count). The lowest BCUT2D eigenvalue weighted by Crippen LogP contribution is -2.19. The number of aromatic nitrogens is 2. The van der Waals surface area contributed by atoms with Crippen LogP contribution in [0.5, 0.6) is 0 Å². The van der Waals surface area contributed by atoms with Gasteiger partial charge in [-0.3, -0.25) is 4.68 Å². The second-order valence-electron chi connectivity index (χ2n) is 4.13. The van der Waals surface area contributed by atoms with E-state index in [1.165, 1.54) is 11.3 Å². The number of methoxy groups -OCH3 is 1. The first kappa shape index (κ1) is 13.2. The van der Waals surface area contributed by atoms with Crippen molar-refractivity contribution in [2.75, 3.05) is 20.3 Å². The smallest absolute Gasteiger partial charge is 0.0587 e. The Labute approximate surface area is 98.0 Å². The Morgan fingerprint density at radius 3 is 2.94 bits per heavy atom. The largest absolute Gasteiger partial charge is 0.383 e.